The summed E-state index contributed by atoms with van der Waals surface area (Å²) >= 11 is 0. The number of nitrogens with one attached hydrogen (secondary N) is 2. The van der Waals surface area contributed by atoms with E-state index in [4.69, 9.17) is 4.74 Å². The molecule has 1 aromatic carbocycles. The average molecular weight is 458 g/mol. The second kappa shape index (κ2) is 11.2. The van der Waals surface area contributed by atoms with E-state index >= 15 is 0 Å². The lowest BCUT2D eigenvalue weighted by Crippen LogP contribution is -2.58. The van der Waals surface area contributed by atoms with E-state index in [1.54, 1.807) is 14.0 Å². The lowest BCUT2D eigenvalue weighted by atomic mass is 9.94. The van der Waals surface area contributed by atoms with E-state index in [1.807, 2.05) is 49.1 Å². The van der Waals surface area contributed by atoms with E-state index in [-0.39, 0.29) is 24.7 Å². The average Bonchev–Trinajstić information content (AvgIpc) is 2.81. The van der Waals surface area contributed by atoms with E-state index in [0.29, 0.717) is 44.0 Å². The maximum Gasteiger partial charge on any atom is 0.338 e. The summed E-state index contributed by atoms with van der Waals surface area (Å²) in [6.45, 7) is 9.00. The Morgan fingerprint density at radius 3 is 2.55 bits per heavy atom. The van der Waals surface area contributed by atoms with Crippen molar-refractivity contribution in [3.8, 4) is 0 Å². The molecule has 4 amide bonds. The minimum atomic E-state index is -0.581. The molecule has 1 saturated heterocycles. The molecule has 9 heteroatoms. The fourth-order valence-electron chi connectivity index (χ4n) is 4.32. The van der Waals surface area contributed by atoms with Gasteiger partial charge in [0, 0.05) is 51.5 Å². The number of carbonyl (C=O) groups is 3. The topological polar surface area (TPSA) is 94.2 Å². The molecule has 1 fully saturated rings. The number of piperazine rings is 1. The van der Waals surface area contributed by atoms with Gasteiger partial charge in [0.05, 0.1) is 18.2 Å². The Kier molecular flexibility index (Phi) is 8.32. The maximum atomic E-state index is 13.1. The van der Waals surface area contributed by atoms with Gasteiger partial charge in [-0.25, -0.2) is 14.4 Å². The lowest BCUT2D eigenvalue weighted by molar-refractivity contribution is -0.139. The standard InChI is InChI=1S/C24H35N5O4/c1-5-12-25-23(31)29-14-13-28(15-17(29)3)16-19-20(22(30)33-6-2)21(26-24(32)27(19)4)18-10-8-7-9-11-18/h7-11,17,21H,5-6,12-16H2,1-4H3,(H,25,31)(H,26,32). The monoisotopic (exact) mass is 457 g/mol. The molecule has 2 atom stereocenters. The number of benzene rings is 1. The highest BCUT2D eigenvalue weighted by atomic mass is 16.5. The van der Waals surface area contributed by atoms with Gasteiger partial charge in [-0.2, -0.15) is 0 Å². The molecule has 1 aromatic rings. The molecular formula is C24H35N5O4. The van der Waals surface area contributed by atoms with Crippen molar-refractivity contribution in [3.63, 3.8) is 0 Å². The van der Waals surface area contributed by atoms with Crippen LogP contribution in [0.25, 0.3) is 0 Å². The molecule has 0 aromatic heterocycles. The fraction of sp³-hybridized carbons (Fsp3) is 0.542. The zero-order valence-corrected chi connectivity index (χ0v) is 20.0. The number of nitrogens with zero attached hydrogens (tertiary/aromatic N) is 3. The molecule has 3 rings (SSSR count). The van der Waals surface area contributed by atoms with Gasteiger partial charge in [-0.05, 0) is 25.8 Å². The molecule has 180 valence electrons. The third-order valence-corrected chi connectivity index (χ3v) is 6.08. The van der Waals surface area contributed by atoms with E-state index in [0.717, 1.165) is 12.0 Å². The SMILES string of the molecule is CCCNC(=O)N1CCN(CC2=C(C(=O)OCC)C(c3ccccc3)NC(=O)N2C)CC1C. The molecule has 0 bridgehead atoms. The van der Waals surface area contributed by atoms with Gasteiger partial charge in [0.2, 0.25) is 0 Å². The minimum absolute atomic E-state index is 0.00916. The van der Waals surface area contributed by atoms with Crippen LogP contribution >= 0.6 is 0 Å². The van der Waals surface area contributed by atoms with Gasteiger partial charge in [0.25, 0.3) is 0 Å². The Bertz CT molecular complexity index is 888. The normalized spacial score (nSPS) is 21.6. The molecule has 2 unspecified atom stereocenters. The summed E-state index contributed by atoms with van der Waals surface area (Å²) in [5.74, 6) is -0.432. The van der Waals surface area contributed by atoms with Crippen molar-refractivity contribution in [1.29, 1.82) is 0 Å². The minimum Gasteiger partial charge on any atom is -0.463 e. The summed E-state index contributed by atoms with van der Waals surface area (Å²) in [5, 5.41) is 5.88. The van der Waals surface area contributed by atoms with Gasteiger partial charge in [-0.1, -0.05) is 37.3 Å². The number of rotatable bonds is 7. The molecule has 0 saturated carbocycles. The molecule has 0 aliphatic carbocycles. The molecule has 2 aliphatic rings. The van der Waals surface area contributed by atoms with Crippen LogP contribution in [-0.4, -0.2) is 85.2 Å². The predicted octanol–water partition coefficient (Wildman–Crippen LogP) is 2.33. The van der Waals surface area contributed by atoms with Crippen molar-refractivity contribution in [2.75, 3.05) is 46.4 Å². The van der Waals surface area contributed by atoms with Crippen LogP contribution in [0.3, 0.4) is 0 Å². The Hall–Kier alpha value is -3.07. The first-order valence-corrected chi connectivity index (χ1v) is 11.6. The zero-order chi connectivity index (χ0) is 24.0. The van der Waals surface area contributed by atoms with Crippen LogP contribution in [0.1, 0.15) is 38.8 Å². The quantitative estimate of drug-likeness (QED) is 0.613. The second-order valence-corrected chi connectivity index (χ2v) is 8.44. The highest BCUT2D eigenvalue weighted by molar-refractivity contribution is 5.95. The van der Waals surface area contributed by atoms with Gasteiger partial charge in [0.1, 0.15) is 0 Å². The molecule has 2 aliphatic heterocycles. The third kappa shape index (κ3) is 5.65. The third-order valence-electron chi connectivity index (χ3n) is 6.08. The number of carbonyl (C=O) groups excluding carboxylic acids is 3. The largest absolute Gasteiger partial charge is 0.463 e. The van der Waals surface area contributed by atoms with Crippen LogP contribution in [0.4, 0.5) is 9.59 Å². The van der Waals surface area contributed by atoms with Crippen LogP contribution in [0.5, 0.6) is 0 Å². The van der Waals surface area contributed by atoms with Crippen LogP contribution in [0, 0.1) is 0 Å². The summed E-state index contributed by atoms with van der Waals surface area (Å²) in [7, 11) is 1.67. The Morgan fingerprint density at radius 1 is 1.18 bits per heavy atom. The number of likely N-dealkylation sites (N-methyl/N-ethyl adjacent to an activating group) is 1. The van der Waals surface area contributed by atoms with Crippen LogP contribution in [0.2, 0.25) is 0 Å². The summed E-state index contributed by atoms with van der Waals surface area (Å²) in [4.78, 5) is 43.8. The molecule has 9 nitrogen and oxygen atoms in total. The summed E-state index contributed by atoms with van der Waals surface area (Å²) in [6, 6.07) is 8.56. The zero-order valence-electron chi connectivity index (χ0n) is 20.0. The van der Waals surface area contributed by atoms with Crippen molar-refractivity contribution in [1.82, 2.24) is 25.3 Å². The Labute approximate surface area is 195 Å². The highest BCUT2D eigenvalue weighted by Crippen LogP contribution is 2.31. The first-order valence-electron chi connectivity index (χ1n) is 11.6. The number of urea groups is 2. The van der Waals surface area contributed by atoms with Crippen LogP contribution < -0.4 is 10.6 Å². The van der Waals surface area contributed by atoms with Crippen LogP contribution in [-0.2, 0) is 9.53 Å². The van der Waals surface area contributed by atoms with E-state index in [1.165, 1.54) is 4.90 Å². The first-order chi connectivity index (χ1) is 15.9. The lowest BCUT2D eigenvalue weighted by Gasteiger charge is -2.42. The van der Waals surface area contributed by atoms with Gasteiger partial charge in [-0.15, -0.1) is 0 Å². The van der Waals surface area contributed by atoms with Gasteiger partial charge in [0.15, 0.2) is 0 Å². The van der Waals surface area contributed by atoms with E-state index in [9.17, 15) is 14.4 Å². The molecule has 33 heavy (non-hydrogen) atoms. The highest BCUT2D eigenvalue weighted by Gasteiger charge is 2.38. The molecular weight excluding hydrogens is 422 g/mol. The van der Waals surface area contributed by atoms with Crippen molar-refractivity contribution < 1.29 is 19.1 Å². The van der Waals surface area contributed by atoms with Crippen molar-refractivity contribution in [2.24, 2.45) is 0 Å². The number of esters is 1. The summed E-state index contributed by atoms with van der Waals surface area (Å²) in [6.07, 6.45) is 0.891. The maximum absolute atomic E-state index is 13.1. The molecule has 0 radical (unpaired) electrons. The van der Waals surface area contributed by atoms with Crippen molar-refractivity contribution in [3.05, 3.63) is 47.2 Å². The summed E-state index contributed by atoms with van der Waals surface area (Å²) in [5.41, 5.74) is 1.90. The van der Waals surface area contributed by atoms with Gasteiger partial charge >= 0.3 is 18.0 Å². The molecule has 2 heterocycles. The summed E-state index contributed by atoms with van der Waals surface area (Å²) < 4.78 is 5.39. The Balaban J connectivity index is 1.86. The van der Waals surface area contributed by atoms with Crippen LogP contribution in [0.15, 0.2) is 41.6 Å². The Morgan fingerprint density at radius 2 is 1.91 bits per heavy atom. The number of ether oxygens (including phenoxy) is 1. The smallest absolute Gasteiger partial charge is 0.338 e. The van der Waals surface area contributed by atoms with E-state index in [2.05, 4.69) is 15.5 Å². The first kappa shape index (κ1) is 24.6. The second-order valence-electron chi connectivity index (χ2n) is 8.44. The predicted molar refractivity (Wildman–Crippen MR) is 125 cm³/mol. The molecule has 2 N–H and O–H groups in total. The number of amides is 4. The van der Waals surface area contributed by atoms with Gasteiger partial charge in [-0.3, -0.25) is 9.80 Å². The molecule has 0 spiro atoms. The van der Waals surface area contributed by atoms with Crippen molar-refractivity contribution in [2.45, 2.75) is 39.3 Å². The van der Waals surface area contributed by atoms with Crippen molar-refractivity contribution >= 4 is 18.0 Å². The van der Waals surface area contributed by atoms with Gasteiger partial charge < -0.3 is 20.3 Å². The number of hydrogen-bond donors (Lipinski definition) is 2. The fourth-order valence-corrected chi connectivity index (χ4v) is 4.32. The number of hydrogen-bond acceptors (Lipinski definition) is 5. The van der Waals surface area contributed by atoms with E-state index < -0.39 is 12.0 Å².